The lowest BCUT2D eigenvalue weighted by Gasteiger charge is -1.98. The van der Waals surface area contributed by atoms with Crippen LogP contribution in [0.15, 0.2) is 41.9 Å². The van der Waals surface area contributed by atoms with E-state index in [4.69, 9.17) is 0 Å². The first-order valence-electron chi connectivity index (χ1n) is 3.65. The molecule has 0 fully saturated rings. The molecule has 0 aliphatic rings. The molecule has 1 aromatic rings. The summed E-state index contributed by atoms with van der Waals surface area (Å²) in [4.78, 5) is 3.94. The average Bonchev–Trinajstić information content (AvgIpc) is 2.09. The second kappa shape index (κ2) is 4.60. The Hall–Kier alpha value is -1.24. The van der Waals surface area contributed by atoms with Gasteiger partial charge in [-0.3, -0.25) is 0 Å². The fraction of sp³-hybridized carbons (Fsp3) is 0.100. The van der Waals surface area contributed by atoms with E-state index in [1.165, 1.54) is 0 Å². The number of isothiocyanates is 1. The monoisotopic (exact) mass is 175 g/mol. The topological polar surface area (TPSA) is 12.4 Å². The number of aliphatic imine (C=N–C) groups is 1. The lowest BCUT2D eigenvalue weighted by atomic mass is 10.1. The van der Waals surface area contributed by atoms with Crippen molar-refractivity contribution in [2.75, 3.05) is 0 Å². The Bertz CT molecular complexity index is 324. The van der Waals surface area contributed by atoms with Crippen LogP contribution in [0.2, 0.25) is 0 Å². The second-order valence-corrected chi connectivity index (χ2v) is 2.51. The van der Waals surface area contributed by atoms with Gasteiger partial charge in [-0.2, -0.15) is 4.99 Å². The minimum absolute atomic E-state index is 0.816. The van der Waals surface area contributed by atoms with Crippen molar-refractivity contribution in [3.05, 3.63) is 42.5 Å². The van der Waals surface area contributed by atoms with E-state index in [1.54, 1.807) is 0 Å². The third-order valence-electron chi connectivity index (χ3n) is 1.52. The molecule has 0 spiro atoms. The number of allylic oxidation sites excluding steroid dienone is 1. The van der Waals surface area contributed by atoms with Crippen molar-refractivity contribution in [3.63, 3.8) is 0 Å². The lowest BCUT2D eigenvalue weighted by molar-refractivity contribution is 1.26. The van der Waals surface area contributed by atoms with Crippen LogP contribution in [-0.4, -0.2) is 5.16 Å². The highest BCUT2D eigenvalue weighted by atomic mass is 32.1. The summed E-state index contributed by atoms with van der Waals surface area (Å²) in [5, 5.41) is 2.36. The predicted octanol–water partition coefficient (Wildman–Crippen LogP) is 3.15. The molecule has 2 heteroatoms. The van der Waals surface area contributed by atoms with Crippen LogP contribution in [0.4, 0.5) is 5.69 Å². The molecular formula is C10H9NS. The van der Waals surface area contributed by atoms with Crippen molar-refractivity contribution in [2.24, 2.45) is 4.99 Å². The van der Waals surface area contributed by atoms with Crippen molar-refractivity contribution < 1.29 is 0 Å². The van der Waals surface area contributed by atoms with Gasteiger partial charge in [-0.1, -0.05) is 24.3 Å². The van der Waals surface area contributed by atoms with Crippen LogP contribution in [-0.2, 0) is 6.42 Å². The van der Waals surface area contributed by atoms with Crippen LogP contribution in [0.25, 0.3) is 0 Å². The van der Waals surface area contributed by atoms with Gasteiger partial charge in [-0.25, -0.2) is 0 Å². The number of hydrogen-bond donors (Lipinski definition) is 0. The van der Waals surface area contributed by atoms with Gasteiger partial charge in [-0.15, -0.1) is 6.58 Å². The SMILES string of the molecule is C=CCc1ccccc1N=C=S. The van der Waals surface area contributed by atoms with Crippen molar-refractivity contribution in [1.82, 2.24) is 0 Å². The quantitative estimate of drug-likeness (QED) is 0.390. The molecule has 0 amide bonds. The Morgan fingerprint density at radius 3 is 2.92 bits per heavy atom. The number of thiocarbonyl (C=S) groups is 1. The lowest BCUT2D eigenvalue weighted by Crippen LogP contribution is -1.79. The summed E-state index contributed by atoms with van der Waals surface area (Å²) in [6.07, 6.45) is 2.66. The maximum Gasteiger partial charge on any atom is 0.0774 e. The average molecular weight is 175 g/mol. The molecule has 0 heterocycles. The third kappa shape index (κ3) is 2.12. The van der Waals surface area contributed by atoms with E-state index in [0.717, 1.165) is 17.7 Å². The molecule has 0 aromatic heterocycles. The highest BCUT2D eigenvalue weighted by Crippen LogP contribution is 2.18. The standard InChI is InChI=1S/C10H9NS/c1-2-5-9-6-3-4-7-10(9)11-8-12/h2-4,6-7H,1,5H2. The summed E-state index contributed by atoms with van der Waals surface area (Å²) < 4.78 is 0. The normalized spacial score (nSPS) is 8.67. The van der Waals surface area contributed by atoms with E-state index < -0.39 is 0 Å². The molecule has 0 N–H and O–H groups in total. The van der Waals surface area contributed by atoms with Crippen LogP contribution < -0.4 is 0 Å². The summed E-state index contributed by atoms with van der Waals surface area (Å²) in [6, 6.07) is 7.82. The van der Waals surface area contributed by atoms with E-state index in [0.29, 0.717) is 0 Å². The number of nitrogens with zero attached hydrogens (tertiary/aromatic N) is 1. The van der Waals surface area contributed by atoms with E-state index in [2.05, 4.69) is 29.0 Å². The van der Waals surface area contributed by atoms with Crippen LogP contribution in [0, 0.1) is 0 Å². The van der Waals surface area contributed by atoms with Gasteiger partial charge in [0.15, 0.2) is 0 Å². The molecule has 60 valence electrons. The summed E-state index contributed by atoms with van der Waals surface area (Å²) in [5.41, 5.74) is 2.01. The molecule has 1 rings (SSSR count). The number of benzene rings is 1. The molecule has 0 aliphatic carbocycles. The van der Waals surface area contributed by atoms with E-state index in [1.807, 2.05) is 30.3 Å². The van der Waals surface area contributed by atoms with Crippen molar-refractivity contribution in [3.8, 4) is 0 Å². The fourth-order valence-electron chi connectivity index (χ4n) is 0.997. The minimum atomic E-state index is 0.816. The highest BCUT2D eigenvalue weighted by molar-refractivity contribution is 7.78. The highest BCUT2D eigenvalue weighted by Gasteiger charge is 1.95. The Kier molecular flexibility index (Phi) is 3.39. The summed E-state index contributed by atoms with van der Waals surface area (Å²) in [5.74, 6) is 0. The molecule has 0 bridgehead atoms. The molecule has 0 radical (unpaired) electrons. The van der Waals surface area contributed by atoms with Gasteiger partial charge in [-0.05, 0) is 30.3 Å². The molecule has 0 saturated carbocycles. The fourth-order valence-corrected chi connectivity index (χ4v) is 1.10. The Morgan fingerprint density at radius 2 is 2.25 bits per heavy atom. The Morgan fingerprint density at radius 1 is 1.50 bits per heavy atom. The van der Waals surface area contributed by atoms with Crippen LogP contribution in [0.5, 0.6) is 0 Å². The van der Waals surface area contributed by atoms with E-state index >= 15 is 0 Å². The minimum Gasteiger partial charge on any atom is -0.194 e. The van der Waals surface area contributed by atoms with Gasteiger partial charge in [0.2, 0.25) is 0 Å². The van der Waals surface area contributed by atoms with Crippen molar-refractivity contribution in [2.45, 2.75) is 6.42 Å². The number of para-hydroxylation sites is 1. The summed E-state index contributed by atoms with van der Waals surface area (Å²) in [7, 11) is 0. The molecule has 0 saturated heterocycles. The molecule has 0 unspecified atom stereocenters. The number of rotatable bonds is 3. The third-order valence-corrected chi connectivity index (χ3v) is 1.61. The first kappa shape index (κ1) is 8.85. The van der Waals surface area contributed by atoms with Gasteiger partial charge in [0.1, 0.15) is 0 Å². The van der Waals surface area contributed by atoms with Gasteiger partial charge in [0, 0.05) is 0 Å². The number of hydrogen-bond acceptors (Lipinski definition) is 2. The predicted molar refractivity (Wildman–Crippen MR) is 55.0 cm³/mol. The van der Waals surface area contributed by atoms with E-state index in [9.17, 15) is 0 Å². The van der Waals surface area contributed by atoms with Crippen LogP contribution >= 0.6 is 12.2 Å². The zero-order valence-electron chi connectivity index (χ0n) is 6.66. The first-order chi connectivity index (χ1) is 5.88. The Balaban J connectivity index is 3.07. The molecule has 1 nitrogen and oxygen atoms in total. The zero-order valence-corrected chi connectivity index (χ0v) is 7.47. The molecule has 0 aliphatic heterocycles. The molecule has 1 aromatic carbocycles. The van der Waals surface area contributed by atoms with Crippen molar-refractivity contribution in [1.29, 1.82) is 0 Å². The Labute approximate surface area is 77.5 Å². The first-order valence-corrected chi connectivity index (χ1v) is 4.06. The maximum atomic E-state index is 4.54. The zero-order chi connectivity index (χ0) is 8.81. The molecular weight excluding hydrogens is 166 g/mol. The largest absolute Gasteiger partial charge is 0.194 e. The summed E-state index contributed by atoms with van der Waals surface area (Å²) >= 11 is 4.54. The van der Waals surface area contributed by atoms with E-state index in [-0.39, 0.29) is 0 Å². The smallest absolute Gasteiger partial charge is 0.0774 e. The summed E-state index contributed by atoms with van der Waals surface area (Å²) in [6.45, 7) is 3.67. The second-order valence-electron chi connectivity index (χ2n) is 2.32. The van der Waals surface area contributed by atoms with Crippen molar-refractivity contribution >= 4 is 23.1 Å². The van der Waals surface area contributed by atoms with Gasteiger partial charge in [0.25, 0.3) is 0 Å². The van der Waals surface area contributed by atoms with Gasteiger partial charge >= 0.3 is 0 Å². The van der Waals surface area contributed by atoms with Crippen LogP contribution in [0.3, 0.4) is 0 Å². The maximum absolute atomic E-state index is 4.54. The van der Waals surface area contributed by atoms with Gasteiger partial charge < -0.3 is 0 Å². The van der Waals surface area contributed by atoms with Crippen LogP contribution in [0.1, 0.15) is 5.56 Å². The molecule has 0 atom stereocenters. The molecule has 12 heavy (non-hydrogen) atoms. The van der Waals surface area contributed by atoms with Gasteiger partial charge in [0.05, 0.1) is 10.8 Å².